The normalized spacial score (nSPS) is 10.6. The average Bonchev–Trinajstić information content (AvgIpc) is 2.56. The monoisotopic (exact) mass is 366 g/mol. The largest absolute Gasteiger partial charge is 0.452 e. The van der Waals surface area contributed by atoms with Crippen molar-refractivity contribution >= 4 is 35.0 Å². The number of hydrogen-bond donors (Lipinski definition) is 2. The first kappa shape index (κ1) is 18.7. The van der Waals surface area contributed by atoms with Crippen molar-refractivity contribution in [3.63, 3.8) is 0 Å². The number of aryl methyl sites for hydroxylation is 1. The Balaban J connectivity index is 1.88. The molecule has 0 unspecified atom stereocenters. The summed E-state index contributed by atoms with van der Waals surface area (Å²) in [5.74, 6) is -3.75. The van der Waals surface area contributed by atoms with Crippen LogP contribution in [0.5, 0.6) is 0 Å². The zero-order valence-electron chi connectivity index (χ0n) is 13.3. The highest BCUT2D eigenvalue weighted by Crippen LogP contribution is 2.26. The van der Waals surface area contributed by atoms with Crippen LogP contribution in [0, 0.1) is 6.92 Å². The third kappa shape index (κ3) is 5.46. The fraction of sp³-hybridized carbons (Fsp3) is 0.176. The summed E-state index contributed by atoms with van der Waals surface area (Å²) >= 11 is 0.413. The number of halogens is 2. The second-order valence-corrected chi connectivity index (χ2v) is 6.13. The molecule has 132 valence electrons. The molecule has 0 saturated heterocycles. The maximum atomic E-state index is 12.2. The molecule has 0 saturated carbocycles. The van der Waals surface area contributed by atoms with Crippen molar-refractivity contribution in [3.8, 4) is 0 Å². The summed E-state index contributed by atoms with van der Waals surface area (Å²) in [5, 5.41) is 2.51. The molecule has 3 N–H and O–H groups in total. The summed E-state index contributed by atoms with van der Waals surface area (Å²) in [4.78, 5) is 24.2. The zero-order chi connectivity index (χ0) is 18.4. The number of hydrogen-bond acceptors (Lipinski definition) is 5. The first-order valence-electron chi connectivity index (χ1n) is 7.23. The quantitative estimate of drug-likeness (QED) is 0.463. The summed E-state index contributed by atoms with van der Waals surface area (Å²) in [6.45, 7) is 1.27. The maximum Gasteiger partial charge on any atom is 0.340 e. The molecule has 2 rings (SSSR count). The van der Waals surface area contributed by atoms with Crippen molar-refractivity contribution in [3.05, 3.63) is 53.6 Å². The van der Waals surface area contributed by atoms with Crippen LogP contribution in [0.4, 0.5) is 20.2 Å². The van der Waals surface area contributed by atoms with Gasteiger partial charge in [-0.3, -0.25) is 4.79 Å². The summed E-state index contributed by atoms with van der Waals surface area (Å²) in [6.07, 6.45) is 0. The number of anilines is 2. The summed E-state index contributed by atoms with van der Waals surface area (Å²) < 4.78 is 29.4. The van der Waals surface area contributed by atoms with E-state index in [1.165, 1.54) is 30.3 Å². The van der Waals surface area contributed by atoms with Crippen LogP contribution >= 0.6 is 11.8 Å². The first-order chi connectivity index (χ1) is 11.9. The van der Waals surface area contributed by atoms with E-state index in [1.54, 1.807) is 19.1 Å². The molecule has 8 heteroatoms. The van der Waals surface area contributed by atoms with Gasteiger partial charge in [-0.15, -0.1) is 0 Å². The Morgan fingerprint density at radius 1 is 1.20 bits per heavy atom. The van der Waals surface area contributed by atoms with Crippen LogP contribution in [0.3, 0.4) is 0 Å². The molecule has 0 aliphatic rings. The van der Waals surface area contributed by atoms with E-state index < -0.39 is 24.2 Å². The standard InChI is InChI=1S/C17H16F2N2O3S/c1-10-3-2-4-13(15(10)20)16(23)24-9-14(22)21-11-5-7-12(8-6-11)25-17(18)19/h2-8,17H,9,20H2,1H3,(H,21,22). The lowest BCUT2D eigenvalue weighted by molar-refractivity contribution is -0.119. The number of ether oxygens (including phenoxy) is 1. The average molecular weight is 366 g/mol. The topological polar surface area (TPSA) is 81.4 Å². The molecule has 0 bridgehead atoms. The molecule has 1 amide bonds. The van der Waals surface area contributed by atoms with Gasteiger partial charge in [-0.1, -0.05) is 23.9 Å². The van der Waals surface area contributed by atoms with Gasteiger partial charge in [-0.05, 0) is 42.8 Å². The zero-order valence-corrected chi connectivity index (χ0v) is 14.1. The van der Waals surface area contributed by atoms with Gasteiger partial charge >= 0.3 is 5.97 Å². The van der Waals surface area contributed by atoms with E-state index in [0.29, 0.717) is 28.0 Å². The number of alkyl halides is 2. The molecule has 0 atom stereocenters. The molecule has 2 aromatic rings. The number of para-hydroxylation sites is 1. The minimum absolute atomic E-state index is 0.196. The third-order valence-corrected chi connectivity index (χ3v) is 3.96. The number of nitrogens with one attached hydrogen (secondary N) is 1. The van der Waals surface area contributed by atoms with E-state index in [1.807, 2.05) is 0 Å². The van der Waals surface area contributed by atoms with E-state index in [2.05, 4.69) is 5.32 Å². The molecule has 0 aliphatic heterocycles. The Hall–Kier alpha value is -2.61. The molecular formula is C17H16F2N2O3S. The number of thioether (sulfide) groups is 1. The van der Waals surface area contributed by atoms with Gasteiger partial charge in [-0.25, -0.2) is 4.79 Å². The van der Waals surface area contributed by atoms with Gasteiger partial charge in [0.25, 0.3) is 11.7 Å². The minimum atomic E-state index is -2.51. The van der Waals surface area contributed by atoms with Gasteiger partial charge in [0.1, 0.15) is 0 Å². The van der Waals surface area contributed by atoms with Crippen LogP contribution in [0.15, 0.2) is 47.4 Å². The summed E-state index contributed by atoms with van der Waals surface area (Å²) in [7, 11) is 0. The van der Waals surface area contributed by atoms with Crippen LogP contribution in [0.25, 0.3) is 0 Å². The van der Waals surface area contributed by atoms with Gasteiger partial charge in [0.2, 0.25) is 0 Å². The fourth-order valence-corrected chi connectivity index (χ4v) is 2.48. The number of carbonyl (C=O) groups is 2. The van der Waals surface area contributed by atoms with Gasteiger partial charge in [0, 0.05) is 16.3 Å². The van der Waals surface area contributed by atoms with Crippen LogP contribution in [-0.2, 0) is 9.53 Å². The molecule has 0 spiro atoms. The second-order valence-electron chi connectivity index (χ2n) is 5.06. The highest BCUT2D eigenvalue weighted by Gasteiger charge is 2.14. The van der Waals surface area contributed by atoms with E-state index in [9.17, 15) is 18.4 Å². The second kappa shape index (κ2) is 8.48. The minimum Gasteiger partial charge on any atom is -0.452 e. The Bertz CT molecular complexity index is 767. The smallest absolute Gasteiger partial charge is 0.340 e. The Labute approximate surface area is 147 Å². The lowest BCUT2D eigenvalue weighted by Crippen LogP contribution is -2.21. The highest BCUT2D eigenvalue weighted by atomic mass is 32.2. The van der Waals surface area contributed by atoms with E-state index in [4.69, 9.17) is 10.5 Å². The Morgan fingerprint density at radius 2 is 1.88 bits per heavy atom. The predicted molar refractivity (Wildman–Crippen MR) is 92.8 cm³/mol. The molecule has 0 aliphatic carbocycles. The van der Waals surface area contributed by atoms with Gasteiger partial charge in [0.15, 0.2) is 6.61 Å². The molecule has 0 fully saturated rings. The molecular weight excluding hydrogens is 350 g/mol. The fourth-order valence-electron chi connectivity index (χ4n) is 1.98. The lowest BCUT2D eigenvalue weighted by Gasteiger charge is -2.09. The first-order valence-corrected chi connectivity index (χ1v) is 8.11. The van der Waals surface area contributed by atoms with Crippen LogP contribution < -0.4 is 11.1 Å². The Kier molecular flexibility index (Phi) is 6.35. The molecule has 25 heavy (non-hydrogen) atoms. The van der Waals surface area contributed by atoms with E-state index in [-0.39, 0.29) is 5.56 Å². The van der Waals surface area contributed by atoms with Gasteiger partial charge in [-0.2, -0.15) is 8.78 Å². The molecule has 2 aromatic carbocycles. The number of nitrogens with two attached hydrogens (primary N) is 1. The Morgan fingerprint density at radius 3 is 2.52 bits per heavy atom. The third-order valence-electron chi connectivity index (χ3n) is 3.24. The number of amides is 1. The number of esters is 1. The van der Waals surface area contributed by atoms with Crippen molar-refractivity contribution in [1.82, 2.24) is 0 Å². The van der Waals surface area contributed by atoms with E-state index in [0.717, 1.165) is 5.56 Å². The number of nitrogen functional groups attached to an aromatic ring is 1. The number of benzene rings is 2. The number of rotatable bonds is 6. The molecule has 0 radical (unpaired) electrons. The van der Waals surface area contributed by atoms with Crippen LogP contribution in [-0.4, -0.2) is 24.2 Å². The molecule has 0 aromatic heterocycles. The van der Waals surface area contributed by atoms with Crippen molar-refractivity contribution in [2.24, 2.45) is 0 Å². The molecule has 0 heterocycles. The van der Waals surface area contributed by atoms with Crippen molar-refractivity contribution in [2.75, 3.05) is 17.7 Å². The van der Waals surface area contributed by atoms with Gasteiger partial charge < -0.3 is 15.8 Å². The number of carbonyl (C=O) groups excluding carboxylic acids is 2. The predicted octanol–water partition coefficient (Wildman–Crippen LogP) is 3.69. The van der Waals surface area contributed by atoms with Crippen molar-refractivity contribution in [2.45, 2.75) is 17.6 Å². The van der Waals surface area contributed by atoms with Gasteiger partial charge in [0.05, 0.1) is 5.56 Å². The lowest BCUT2D eigenvalue weighted by atomic mass is 10.1. The summed E-state index contributed by atoms with van der Waals surface area (Å²) in [5.41, 5.74) is 7.45. The maximum absolute atomic E-state index is 12.2. The summed E-state index contributed by atoms with van der Waals surface area (Å²) in [6, 6.07) is 10.8. The van der Waals surface area contributed by atoms with Crippen LogP contribution in [0.1, 0.15) is 15.9 Å². The van der Waals surface area contributed by atoms with Crippen LogP contribution in [0.2, 0.25) is 0 Å². The van der Waals surface area contributed by atoms with Crippen molar-refractivity contribution in [1.29, 1.82) is 0 Å². The molecule has 5 nitrogen and oxygen atoms in total. The SMILES string of the molecule is Cc1cccc(C(=O)OCC(=O)Nc2ccc(SC(F)F)cc2)c1N. The van der Waals surface area contributed by atoms with E-state index >= 15 is 0 Å². The highest BCUT2D eigenvalue weighted by molar-refractivity contribution is 7.99. The van der Waals surface area contributed by atoms with Crippen molar-refractivity contribution < 1.29 is 23.1 Å².